The number of aliphatic hydroxyl groups is 1. The summed E-state index contributed by atoms with van der Waals surface area (Å²) < 4.78 is 0. The monoisotopic (exact) mass is 271 g/mol. The molecular formula is C15H13NO2S. The highest BCUT2D eigenvalue weighted by atomic mass is 32.1. The summed E-state index contributed by atoms with van der Waals surface area (Å²) in [6.45, 7) is 0.350. The zero-order valence-corrected chi connectivity index (χ0v) is 11.0. The van der Waals surface area contributed by atoms with Gasteiger partial charge < -0.3 is 10.4 Å². The van der Waals surface area contributed by atoms with E-state index in [9.17, 15) is 4.79 Å². The van der Waals surface area contributed by atoms with Crippen LogP contribution < -0.4 is 5.32 Å². The molecule has 2 N–H and O–H groups in total. The number of carbonyl (C=O) groups is 1. The second kappa shape index (κ2) is 6.74. The average molecular weight is 271 g/mol. The van der Waals surface area contributed by atoms with E-state index in [1.165, 1.54) is 11.3 Å². The van der Waals surface area contributed by atoms with E-state index in [-0.39, 0.29) is 12.5 Å². The van der Waals surface area contributed by atoms with Gasteiger partial charge in [0, 0.05) is 12.1 Å². The van der Waals surface area contributed by atoms with Gasteiger partial charge >= 0.3 is 0 Å². The number of thiophene rings is 1. The molecule has 0 aliphatic rings. The number of rotatable bonds is 3. The predicted octanol–water partition coefficient (Wildman–Crippen LogP) is 2.02. The third kappa shape index (κ3) is 3.95. The number of benzene rings is 1. The third-order valence-electron chi connectivity index (χ3n) is 2.46. The summed E-state index contributed by atoms with van der Waals surface area (Å²) in [7, 11) is 0. The first kappa shape index (κ1) is 13.3. The van der Waals surface area contributed by atoms with Crippen LogP contribution in [0, 0.1) is 11.8 Å². The molecule has 0 saturated heterocycles. The Morgan fingerprint density at radius 3 is 2.68 bits per heavy atom. The molecule has 0 aliphatic heterocycles. The van der Waals surface area contributed by atoms with Crippen LogP contribution in [-0.4, -0.2) is 17.6 Å². The highest BCUT2D eigenvalue weighted by molar-refractivity contribution is 7.12. The van der Waals surface area contributed by atoms with Crippen molar-refractivity contribution in [2.24, 2.45) is 0 Å². The fourth-order valence-corrected chi connectivity index (χ4v) is 2.16. The van der Waals surface area contributed by atoms with Crippen LogP contribution in [0.25, 0.3) is 0 Å². The Morgan fingerprint density at radius 1 is 1.26 bits per heavy atom. The minimum absolute atomic E-state index is 0.0563. The van der Waals surface area contributed by atoms with Crippen molar-refractivity contribution >= 4 is 17.2 Å². The van der Waals surface area contributed by atoms with Crippen molar-refractivity contribution in [2.45, 2.75) is 6.54 Å². The quantitative estimate of drug-likeness (QED) is 0.839. The number of nitrogens with one attached hydrogen (secondary N) is 1. The van der Waals surface area contributed by atoms with Gasteiger partial charge in [-0.15, -0.1) is 11.3 Å². The smallest absolute Gasteiger partial charge is 0.261 e. The molecule has 1 aromatic carbocycles. The second-order valence-electron chi connectivity index (χ2n) is 3.82. The van der Waals surface area contributed by atoms with Gasteiger partial charge in [0.15, 0.2) is 0 Å². The lowest BCUT2D eigenvalue weighted by Crippen LogP contribution is -2.21. The molecule has 0 atom stereocenters. The summed E-state index contributed by atoms with van der Waals surface area (Å²) in [4.78, 5) is 12.4. The Balaban J connectivity index is 1.91. The van der Waals surface area contributed by atoms with E-state index in [2.05, 4.69) is 17.2 Å². The molecule has 1 aromatic heterocycles. The Bertz CT molecular complexity index is 591. The SMILES string of the molecule is O=C(NCc1ccc(C#CCO)cc1)c1cccs1. The van der Waals surface area contributed by atoms with Gasteiger partial charge in [0.1, 0.15) is 6.61 Å². The maximum absolute atomic E-state index is 11.7. The number of hydrogen-bond acceptors (Lipinski definition) is 3. The van der Waals surface area contributed by atoms with E-state index < -0.39 is 0 Å². The average Bonchev–Trinajstić information content (AvgIpc) is 2.98. The molecule has 0 unspecified atom stereocenters. The molecule has 0 saturated carbocycles. The largest absolute Gasteiger partial charge is 0.384 e. The Kier molecular flexibility index (Phi) is 4.73. The Morgan fingerprint density at radius 2 is 2.05 bits per heavy atom. The van der Waals surface area contributed by atoms with Gasteiger partial charge in [0.2, 0.25) is 0 Å². The summed E-state index contributed by atoms with van der Waals surface area (Å²) in [6.07, 6.45) is 0. The van der Waals surface area contributed by atoms with Gasteiger partial charge in [-0.2, -0.15) is 0 Å². The van der Waals surface area contributed by atoms with Gasteiger partial charge in [-0.25, -0.2) is 0 Å². The normalized spacial score (nSPS) is 9.53. The van der Waals surface area contributed by atoms with Crippen LogP contribution in [0.1, 0.15) is 20.8 Å². The summed E-state index contributed by atoms with van der Waals surface area (Å²) in [5, 5.41) is 13.3. The predicted molar refractivity (Wildman–Crippen MR) is 75.9 cm³/mol. The maximum atomic E-state index is 11.7. The van der Waals surface area contributed by atoms with Gasteiger partial charge in [-0.3, -0.25) is 4.79 Å². The number of aliphatic hydroxyl groups excluding tert-OH is 1. The van der Waals surface area contributed by atoms with Gasteiger partial charge in [0.25, 0.3) is 5.91 Å². The summed E-state index contributed by atoms with van der Waals surface area (Å²) >= 11 is 1.42. The molecule has 2 rings (SSSR count). The number of carbonyl (C=O) groups excluding carboxylic acids is 1. The first-order valence-electron chi connectivity index (χ1n) is 5.80. The summed E-state index contributed by atoms with van der Waals surface area (Å²) in [5.74, 6) is 5.36. The van der Waals surface area contributed by atoms with Crippen molar-refractivity contribution in [1.29, 1.82) is 0 Å². The highest BCUT2D eigenvalue weighted by Gasteiger charge is 2.05. The molecule has 1 heterocycles. The molecule has 96 valence electrons. The van der Waals surface area contributed by atoms with E-state index in [1.807, 2.05) is 35.7 Å². The van der Waals surface area contributed by atoms with Crippen molar-refractivity contribution < 1.29 is 9.90 Å². The van der Waals surface area contributed by atoms with E-state index in [0.29, 0.717) is 11.4 Å². The van der Waals surface area contributed by atoms with E-state index in [1.54, 1.807) is 6.07 Å². The van der Waals surface area contributed by atoms with Crippen LogP contribution in [0.15, 0.2) is 41.8 Å². The summed E-state index contributed by atoms with van der Waals surface area (Å²) in [6, 6.07) is 11.2. The van der Waals surface area contributed by atoms with Crippen molar-refractivity contribution in [3.8, 4) is 11.8 Å². The first-order chi connectivity index (χ1) is 9.29. The second-order valence-corrected chi connectivity index (χ2v) is 4.76. The number of hydrogen-bond donors (Lipinski definition) is 2. The van der Waals surface area contributed by atoms with Crippen LogP contribution in [0.3, 0.4) is 0 Å². The number of amides is 1. The molecule has 0 aliphatic carbocycles. The molecule has 0 bridgehead atoms. The molecular weight excluding hydrogens is 258 g/mol. The molecule has 1 amide bonds. The standard InChI is InChI=1S/C15H13NO2S/c17-9-1-3-12-5-7-13(8-6-12)11-16-15(18)14-4-2-10-19-14/h2,4-8,10,17H,9,11H2,(H,16,18). The maximum Gasteiger partial charge on any atom is 0.261 e. The van der Waals surface area contributed by atoms with Crippen LogP contribution in [0.2, 0.25) is 0 Å². The molecule has 0 spiro atoms. The Labute approximate surface area is 115 Å². The first-order valence-corrected chi connectivity index (χ1v) is 6.68. The van der Waals surface area contributed by atoms with Crippen LogP contribution >= 0.6 is 11.3 Å². The van der Waals surface area contributed by atoms with E-state index >= 15 is 0 Å². The zero-order valence-electron chi connectivity index (χ0n) is 10.2. The van der Waals surface area contributed by atoms with Crippen LogP contribution in [0.5, 0.6) is 0 Å². The van der Waals surface area contributed by atoms with Gasteiger partial charge in [-0.1, -0.05) is 30.0 Å². The molecule has 2 aromatic rings. The highest BCUT2D eigenvalue weighted by Crippen LogP contribution is 2.09. The lowest BCUT2D eigenvalue weighted by molar-refractivity contribution is 0.0955. The lowest BCUT2D eigenvalue weighted by Gasteiger charge is -2.03. The summed E-state index contributed by atoms with van der Waals surface area (Å²) in [5.41, 5.74) is 1.86. The van der Waals surface area contributed by atoms with Crippen molar-refractivity contribution in [2.75, 3.05) is 6.61 Å². The lowest BCUT2D eigenvalue weighted by atomic mass is 10.1. The Hall–Kier alpha value is -2.09. The fourth-order valence-electron chi connectivity index (χ4n) is 1.52. The van der Waals surface area contributed by atoms with Crippen LogP contribution in [-0.2, 0) is 6.54 Å². The minimum Gasteiger partial charge on any atom is -0.384 e. The molecule has 3 nitrogen and oxygen atoms in total. The van der Waals surface area contributed by atoms with Crippen molar-refractivity contribution in [3.05, 3.63) is 57.8 Å². The molecule has 0 radical (unpaired) electrons. The molecule has 19 heavy (non-hydrogen) atoms. The van der Waals surface area contributed by atoms with Gasteiger partial charge in [0.05, 0.1) is 4.88 Å². The van der Waals surface area contributed by atoms with E-state index in [4.69, 9.17) is 5.11 Å². The fraction of sp³-hybridized carbons (Fsp3) is 0.133. The molecule has 4 heteroatoms. The molecule has 0 fully saturated rings. The van der Waals surface area contributed by atoms with E-state index in [0.717, 1.165) is 11.1 Å². The third-order valence-corrected chi connectivity index (χ3v) is 3.33. The zero-order chi connectivity index (χ0) is 13.5. The van der Waals surface area contributed by atoms with Crippen LogP contribution in [0.4, 0.5) is 0 Å². The van der Waals surface area contributed by atoms with Gasteiger partial charge in [-0.05, 0) is 29.1 Å². The van der Waals surface area contributed by atoms with Crippen molar-refractivity contribution in [3.63, 3.8) is 0 Å². The minimum atomic E-state index is -0.140. The topological polar surface area (TPSA) is 49.3 Å². The van der Waals surface area contributed by atoms with Crippen molar-refractivity contribution in [1.82, 2.24) is 5.32 Å².